The Morgan fingerprint density at radius 3 is 2.96 bits per heavy atom. The molecule has 0 spiro atoms. The molecular weight excluding hydrogens is 350 g/mol. The van der Waals surface area contributed by atoms with Gasteiger partial charge in [-0.2, -0.15) is 9.61 Å². The van der Waals surface area contributed by atoms with E-state index in [1.165, 1.54) is 0 Å². The molecule has 4 heterocycles. The number of carbonyl (C=O) groups excluding carboxylic acids is 1. The number of hydrogen-bond donors (Lipinski definition) is 3. The van der Waals surface area contributed by atoms with Crippen molar-refractivity contribution in [2.24, 2.45) is 0 Å². The Kier molecular flexibility index (Phi) is 4.37. The van der Waals surface area contributed by atoms with E-state index in [2.05, 4.69) is 31.0 Å². The van der Waals surface area contributed by atoms with E-state index in [9.17, 15) is 4.79 Å². The zero-order chi connectivity index (χ0) is 18.8. The molecule has 1 aliphatic heterocycles. The topological polar surface area (TPSA) is 115 Å². The Balaban J connectivity index is 1.74. The molecule has 0 bridgehead atoms. The Bertz CT molecular complexity index is 1000. The Morgan fingerprint density at radius 2 is 2.15 bits per heavy atom. The molecule has 3 aromatic heterocycles. The fourth-order valence-electron chi connectivity index (χ4n) is 2.72. The van der Waals surface area contributed by atoms with Crippen LogP contribution in [0.15, 0.2) is 24.5 Å². The molecule has 27 heavy (non-hydrogen) atoms. The average Bonchev–Trinajstić information content (AvgIpc) is 3.10. The van der Waals surface area contributed by atoms with E-state index in [1.54, 1.807) is 36.9 Å². The van der Waals surface area contributed by atoms with Gasteiger partial charge < -0.3 is 25.4 Å². The molecule has 10 nitrogen and oxygen atoms in total. The van der Waals surface area contributed by atoms with Gasteiger partial charge in [0.25, 0.3) is 5.88 Å². The van der Waals surface area contributed by atoms with Crippen LogP contribution < -0.4 is 25.4 Å². The third kappa shape index (κ3) is 3.16. The number of nitrogens with one attached hydrogen (secondary N) is 3. The number of rotatable bonds is 5. The van der Waals surface area contributed by atoms with Crippen LogP contribution in [0, 0.1) is 0 Å². The molecule has 1 aliphatic rings. The summed E-state index contributed by atoms with van der Waals surface area (Å²) in [7, 11) is 1.79. The number of aromatic nitrogens is 4. The molecule has 0 saturated carbocycles. The van der Waals surface area contributed by atoms with E-state index in [0.29, 0.717) is 59.9 Å². The molecule has 0 aliphatic carbocycles. The molecule has 3 aromatic rings. The molecule has 0 fully saturated rings. The fourth-order valence-corrected chi connectivity index (χ4v) is 2.72. The van der Waals surface area contributed by atoms with E-state index in [4.69, 9.17) is 9.47 Å². The van der Waals surface area contributed by atoms with Gasteiger partial charge in [-0.25, -0.2) is 9.97 Å². The molecule has 0 unspecified atom stereocenters. The Labute approximate surface area is 154 Å². The second-order valence-electron chi connectivity index (χ2n) is 5.79. The summed E-state index contributed by atoms with van der Waals surface area (Å²) in [6, 6.07) is 3.59. The molecule has 3 N–H and O–H groups in total. The van der Waals surface area contributed by atoms with Crippen LogP contribution in [0.1, 0.15) is 13.3 Å². The second kappa shape index (κ2) is 6.98. The minimum absolute atomic E-state index is 0.107. The van der Waals surface area contributed by atoms with Crippen molar-refractivity contribution in [1.29, 1.82) is 0 Å². The van der Waals surface area contributed by atoms with Crippen LogP contribution in [0.2, 0.25) is 0 Å². The smallest absolute Gasteiger partial charge is 0.259 e. The van der Waals surface area contributed by atoms with Crippen LogP contribution in [-0.4, -0.2) is 45.8 Å². The molecule has 4 rings (SSSR count). The minimum atomic E-state index is -0.107. The van der Waals surface area contributed by atoms with Gasteiger partial charge >= 0.3 is 0 Å². The quantitative estimate of drug-likeness (QED) is 0.626. The highest BCUT2D eigenvalue weighted by molar-refractivity contribution is 5.94. The number of fused-ring (bicyclic) bond motifs is 2. The SMILES string of the molecule is CCC(=O)Nc1cnn2c(NC)cc(Nc3ccnc4c3OCCO4)nc12. The van der Waals surface area contributed by atoms with E-state index in [1.807, 2.05) is 6.07 Å². The highest BCUT2D eigenvalue weighted by Gasteiger charge is 2.19. The lowest BCUT2D eigenvalue weighted by Gasteiger charge is -2.20. The van der Waals surface area contributed by atoms with Gasteiger partial charge in [-0.05, 0) is 6.07 Å². The van der Waals surface area contributed by atoms with Crippen LogP contribution in [0.4, 0.5) is 23.0 Å². The average molecular weight is 369 g/mol. The summed E-state index contributed by atoms with van der Waals surface area (Å²) >= 11 is 0. The maximum atomic E-state index is 11.8. The number of anilines is 4. The normalized spacial score (nSPS) is 12.7. The van der Waals surface area contributed by atoms with Gasteiger partial charge in [0.1, 0.15) is 30.5 Å². The van der Waals surface area contributed by atoms with Crippen molar-refractivity contribution in [3.05, 3.63) is 24.5 Å². The molecular formula is C17H19N7O3. The number of ether oxygens (including phenoxy) is 2. The van der Waals surface area contributed by atoms with E-state index < -0.39 is 0 Å². The first kappa shape index (κ1) is 16.9. The minimum Gasteiger partial charge on any atom is -0.483 e. The third-order valence-corrected chi connectivity index (χ3v) is 4.03. The lowest BCUT2D eigenvalue weighted by Crippen LogP contribution is -2.17. The first-order chi connectivity index (χ1) is 13.2. The summed E-state index contributed by atoms with van der Waals surface area (Å²) in [5, 5.41) is 13.4. The number of amides is 1. The highest BCUT2D eigenvalue weighted by Crippen LogP contribution is 2.37. The summed E-state index contributed by atoms with van der Waals surface area (Å²) in [5.74, 6) is 2.15. The van der Waals surface area contributed by atoms with Crippen LogP contribution >= 0.6 is 0 Å². The van der Waals surface area contributed by atoms with Crippen LogP contribution in [0.5, 0.6) is 11.6 Å². The van der Waals surface area contributed by atoms with Crippen LogP contribution in [-0.2, 0) is 4.79 Å². The summed E-state index contributed by atoms with van der Waals surface area (Å²) in [6.07, 6.45) is 3.58. The third-order valence-electron chi connectivity index (χ3n) is 4.03. The molecule has 0 radical (unpaired) electrons. The summed E-state index contributed by atoms with van der Waals surface area (Å²) < 4.78 is 12.8. The van der Waals surface area contributed by atoms with Crippen molar-refractivity contribution in [2.45, 2.75) is 13.3 Å². The molecule has 0 saturated heterocycles. The van der Waals surface area contributed by atoms with Gasteiger partial charge in [-0.1, -0.05) is 6.92 Å². The lowest BCUT2D eigenvalue weighted by molar-refractivity contribution is -0.115. The summed E-state index contributed by atoms with van der Waals surface area (Å²) in [6.45, 7) is 2.71. The summed E-state index contributed by atoms with van der Waals surface area (Å²) in [5.41, 5.74) is 1.75. The van der Waals surface area contributed by atoms with Crippen LogP contribution in [0.25, 0.3) is 5.65 Å². The van der Waals surface area contributed by atoms with Gasteiger partial charge in [-0.15, -0.1) is 0 Å². The molecule has 10 heteroatoms. The zero-order valence-electron chi connectivity index (χ0n) is 14.9. The Hall–Kier alpha value is -3.56. The van der Waals surface area contributed by atoms with E-state index in [-0.39, 0.29) is 5.91 Å². The number of hydrogen-bond acceptors (Lipinski definition) is 8. The molecule has 140 valence electrons. The maximum absolute atomic E-state index is 11.8. The van der Waals surface area contributed by atoms with Crippen molar-refractivity contribution in [2.75, 3.05) is 36.2 Å². The van der Waals surface area contributed by atoms with Crippen LogP contribution in [0.3, 0.4) is 0 Å². The predicted octanol–water partition coefficient (Wildman–Crippen LogP) is 2.03. The summed E-state index contributed by atoms with van der Waals surface area (Å²) in [4.78, 5) is 20.5. The fraction of sp³-hybridized carbons (Fsp3) is 0.294. The van der Waals surface area contributed by atoms with Gasteiger partial charge in [0.2, 0.25) is 11.7 Å². The molecule has 0 atom stereocenters. The van der Waals surface area contributed by atoms with Gasteiger partial charge in [0.05, 0.1) is 11.9 Å². The second-order valence-corrected chi connectivity index (χ2v) is 5.79. The zero-order valence-corrected chi connectivity index (χ0v) is 14.9. The van der Waals surface area contributed by atoms with Gasteiger partial charge in [-0.3, -0.25) is 4.79 Å². The van der Waals surface area contributed by atoms with Crippen molar-refractivity contribution < 1.29 is 14.3 Å². The maximum Gasteiger partial charge on any atom is 0.259 e. The van der Waals surface area contributed by atoms with Gasteiger partial charge in [0.15, 0.2) is 5.65 Å². The van der Waals surface area contributed by atoms with Crippen molar-refractivity contribution in [3.8, 4) is 11.6 Å². The largest absolute Gasteiger partial charge is 0.483 e. The highest BCUT2D eigenvalue weighted by atomic mass is 16.6. The van der Waals surface area contributed by atoms with Crippen molar-refractivity contribution in [3.63, 3.8) is 0 Å². The predicted molar refractivity (Wildman–Crippen MR) is 100.0 cm³/mol. The Morgan fingerprint density at radius 1 is 1.30 bits per heavy atom. The number of nitrogens with zero attached hydrogens (tertiary/aromatic N) is 4. The van der Waals surface area contributed by atoms with E-state index in [0.717, 1.165) is 0 Å². The first-order valence-corrected chi connectivity index (χ1v) is 8.57. The lowest BCUT2D eigenvalue weighted by atomic mass is 10.3. The number of pyridine rings is 1. The van der Waals surface area contributed by atoms with E-state index >= 15 is 0 Å². The first-order valence-electron chi connectivity index (χ1n) is 8.57. The number of carbonyl (C=O) groups is 1. The van der Waals surface area contributed by atoms with Gasteiger partial charge in [0, 0.05) is 25.7 Å². The molecule has 1 amide bonds. The monoisotopic (exact) mass is 369 g/mol. The van der Waals surface area contributed by atoms with Crippen molar-refractivity contribution in [1.82, 2.24) is 19.6 Å². The standard InChI is InChI=1S/C17H19N7O3/c1-3-14(25)22-11-9-20-24-13(18-2)8-12(23-16(11)24)21-10-4-5-19-17-15(10)26-6-7-27-17/h4-5,8-9,18H,3,6-7H2,1-2H3,(H,22,25)(H,19,21,23). The molecule has 0 aromatic carbocycles. The van der Waals surface area contributed by atoms with Crippen molar-refractivity contribution >= 4 is 34.6 Å².